The summed E-state index contributed by atoms with van der Waals surface area (Å²) in [7, 11) is -2.02. The molecular weight excluding hydrogens is 424 g/mol. The number of sulfonamides is 1. The summed E-state index contributed by atoms with van der Waals surface area (Å²) in [4.78, 5) is 24.3. The van der Waals surface area contributed by atoms with Gasteiger partial charge < -0.3 is 19.5 Å². The maximum absolute atomic E-state index is 12.6. The molecule has 0 aliphatic carbocycles. The predicted molar refractivity (Wildman–Crippen MR) is 112 cm³/mol. The van der Waals surface area contributed by atoms with Gasteiger partial charge in [-0.05, 0) is 42.0 Å². The van der Waals surface area contributed by atoms with E-state index in [4.69, 9.17) is 14.2 Å². The van der Waals surface area contributed by atoms with E-state index >= 15 is 0 Å². The summed E-state index contributed by atoms with van der Waals surface area (Å²) in [6.45, 7) is 1.31. The highest BCUT2D eigenvalue weighted by Gasteiger charge is 2.26. The van der Waals surface area contributed by atoms with Crippen LogP contribution in [0.5, 0.6) is 0 Å². The number of esters is 1. The lowest BCUT2D eigenvalue weighted by atomic mass is 10.1. The molecule has 1 fully saturated rings. The van der Waals surface area contributed by atoms with Crippen LogP contribution in [0, 0.1) is 0 Å². The number of carbonyl (C=O) groups excluding carboxylic acids is 2. The van der Waals surface area contributed by atoms with Gasteiger partial charge >= 0.3 is 5.97 Å². The zero-order valence-electron chi connectivity index (χ0n) is 17.1. The van der Waals surface area contributed by atoms with Crippen LogP contribution in [0.25, 0.3) is 0 Å². The van der Waals surface area contributed by atoms with Gasteiger partial charge in [0.2, 0.25) is 10.0 Å². The van der Waals surface area contributed by atoms with Gasteiger partial charge in [-0.2, -0.15) is 4.31 Å². The zero-order chi connectivity index (χ0) is 22.3. The summed E-state index contributed by atoms with van der Waals surface area (Å²) in [6, 6.07) is 12.5. The quantitative estimate of drug-likeness (QED) is 0.611. The van der Waals surface area contributed by atoms with E-state index in [9.17, 15) is 18.0 Å². The number of anilines is 1. The lowest BCUT2D eigenvalue weighted by Crippen LogP contribution is -2.40. The van der Waals surface area contributed by atoms with Gasteiger partial charge in [-0.3, -0.25) is 4.79 Å². The molecule has 0 bridgehead atoms. The molecule has 1 amide bonds. The number of nitrogens with zero attached hydrogens (tertiary/aromatic N) is 1. The lowest BCUT2D eigenvalue weighted by Gasteiger charge is -2.26. The fourth-order valence-corrected chi connectivity index (χ4v) is 4.37. The first-order chi connectivity index (χ1) is 14.9. The van der Waals surface area contributed by atoms with E-state index in [0.29, 0.717) is 44.2 Å². The third-order valence-corrected chi connectivity index (χ3v) is 6.49. The standard InChI is InChI=1S/C21H24N2O7S/c1-28-14-16-2-4-17(5-3-16)21(25)30-15-20(24)22-18-6-8-19(9-7-18)31(26,27)23-10-12-29-13-11-23/h2-9H,10-15H2,1H3,(H,22,24). The van der Waals surface area contributed by atoms with E-state index in [1.54, 1.807) is 31.4 Å². The van der Waals surface area contributed by atoms with E-state index in [1.165, 1.54) is 28.6 Å². The molecule has 31 heavy (non-hydrogen) atoms. The number of hydrogen-bond acceptors (Lipinski definition) is 7. The molecule has 0 saturated carbocycles. The van der Waals surface area contributed by atoms with Crippen LogP contribution in [0.15, 0.2) is 53.4 Å². The van der Waals surface area contributed by atoms with Crippen molar-refractivity contribution in [3.05, 3.63) is 59.7 Å². The molecule has 1 aliphatic rings. The van der Waals surface area contributed by atoms with Crippen LogP contribution in [0.1, 0.15) is 15.9 Å². The fourth-order valence-electron chi connectivity index (χ4n) is 2.96. The number of benzene rings is 2. The summed E-state index contributed by atoms with van der Waals surface area (Å²) >= 11 is 0. The first-order valence-electron chi connectivity index (χ1n) is 9.63. The molecule has 3 rings (SSSR count). The largest absolute Gasteiger partial charge is 0.452 e. The molecule has 1 saturated heterocycles. The number of hydrogen-bond donors (Lipinski definition) is 1. The van der Waals surface area contributed by atoms with E-state index < -0.39 is 28.5 Å². The zero-order valence-corrected chi connectivity index (χ0v) is 17.9. The molecule has 0 radical (unpaired) electrons. The minimum Gasteiger partial charge on any atom is -0.452 e. The summed E-state index contributed by atoms with van der Waals surface area (Å²) in [5.41, 5.74) is 1.63. The molecule has 1 heterocycles. The average Bonchev–Trinajstić information content (AvgIpc) is 2.79. The van der Waals surface area contributed by atoms with Crippen LogP contribution in [0.3, 0.4) is 0 Å². The Balaban J connectivity index is 1.51. The van der Waals surface area contributed by atoms with Crippen molar-refractivity contribution in [1.29, 1.82) is 0 Å². The number of ether oxygens (including phenoxy) is 3. The predicted octanol–water partition coefficient (Wildman–Crippen LogP) is 1.65. The van der Waals surface area contributed by atoms with Gasteiger partial charge in [-0.25, -0.2) is 13.2 Å². The molecule has 0 spiro atoms. The van der Waals surface area contributed by atoms with Gasteiger partial charge in [-0.1, -0.05) is 12.1 Å². The molecule has 9 nitrogen and oxygen atoms in total. The normalized spacial score (nSPS) is 14.7. The third kappa shape index (κ3) is 6.11. The van der Waals surface area contributed by atoms with Gasteiger partial charge in [0.15, 0.2) is 6.61 Å². The highest BCUT2D eigenvalue weighted by atomic mass is 32.2. The van der Waals surface area contributed by atoms with Crippen molar-refractivity contribution < 1.29 is 32.2 Å². The third-order valence-electron chi connectivity index (χ3n) is 4.58. The highest BCUT2D eigenvalue weighted by molar-refractivity contribution is 7.89. The molecule has 2 aromatic rings. The Morgan fingerprint density at radius 1 is 1.03 bits per heavy atom. The molecule has 1 aliphatic heterocycles. The monoisotopic (exact) mass is 448 g/mol. The number of morpholine rings is 1. The van der Waals surface area contributed by atoms with Gasteiger partial charge in [0.25, 0.3) is 5.91 Å². The van der Waals surface area contributed by atoms with Crippen LogP contribution in [0.4, 0.5) is 5.69 Å². The van der Waals surface area contributed by atoms with Crippen molar-refractivity contribution in [2.45, 2.75) is 11.5 Å². The van der Waals surface area contributed by atoms with Crippen LogP contribution < -0.4 is 5.32 Å². The van der Waals surface area contributed by atoms with Crippen molar-refractivity contribution in [3.63, 3.8) is 0 Å². The van der Waals surface area contributed by atoms with Crippen molar-refractivity contribution in [1.82, 2.24) is 4.31 Å². The molecule has 0 atom stereocenters. The first-order valence-corrected chi connectivity index (χ1v) is 11.1. The number of methoxy groups -OCH3 is 1. The minimum absolute atomic E-state index is 0.135. The Bertz CT molecular complexity index is 999. The van der Waals surface area contributed by atoms with Gasteiger partial charge in [0.1, 0.15) is 0 Å². The van der Waals surface area contributed by atoms with E-state index in [2.05, 4.69) is 5.32 Å². The molecule has 10 heteroatoms. The number of amides is 1. The van der Waals surface area contributed by atoms with E-state index in [1.807, 2.05) is 0 Å². The average molecular weight is 448 g/mol. The lowest BCUT2D eigenvalue weighted by molar-refractivity contribution is -0.119. The second-order valence-electron chi connectivity index (χ2n) is 6.80. The maximum Gasteiger partial charge on any atom is 0.338 e. The Kier molecular flexibility index (Phi) is 7.75. The summed E-state index contributed by atoms with van der Waals surface area (Å²) in [6.07, 6.45) is 0. The number of nitrogens with one attached hydrogen (secondary N) is 1. The van der Waals surface area contributed by atoms with Gasteiger partial charge in [0.05, 0.1) is 30.3 Å². The second-order valence-corrected chi connectivity index (χ2v) is 8.73. The number of carbonyl (C=O) groups is 2. The topological polar surface area (TPSA) is 111 Å². The molecular formula is C21H24N2O7S. The Hall–Kier alpha value is -2.79. The van der Waals surface area contributed by atoms with Crippen LogP contribution >= 0.6 is 0 Å². The Morgan fingerprint density at radius 3 is 2.29 bits per heavy atom. The second kappa shape index (κ2) is 10.5. The molecule has 166 valence electrons. The summed E-state index contributed by atoms with van der Waals surface area (Å²) in [5.74, 6) is -1.15. The van der Waals surface area contributed by atoms with Crippen LogP contribution in [0.2, 0.25) is 0 Å². The van der Waals surface area contributed by atoms with Gasteiger partial charge in [0, 0.05) is 25.9 Å². The van der Waals surface area contributed by atoms with Crippen LogP contribution in [-0.2, 0) is 35.6 Å². The van der Waals surface area contributed by atoms with Gasteiger partial charge in [-0.15, -0.1) is 0 Å². The van der Waals surface area contributed by atoms with Crippen LogP contribution in [-0.4, -0.2) is 64.6 Å². The van der Waals surface area contributed by atoms with Crippen molar-refractivity contribution in [2.75, 3.05) is 45.3 Å². The van der Waals surface area contributed by atoms with Crippen molar-refractivity contribution in [2.24, 2.45) is 0 Å². The summed E-state index contributed by atoms with van der Waals surface area (Å²) < 4.78 is 41.8. The maximum atomic E-state index is 12.6. The molecule has 1 N–H and O–H groups in total. The minimum atomic E-state index is -3.60. The highest BCUT2D eigenvalue weighted by Crippen LogP contribution is 2.19. The molecule has 0 unspecified atom stereocenters. The molecule has 0 aromatic heterocycles. The Morgan fingerprint density at radius 2 is 1.68 bits per heavy atom. The number of rotatable bonds is 8. The SMILES string of the molecule is COCc1ccc(C(=O)OCC(=O)Nc2ccc(S(=O)(=O)N3CCOCC3)cc2)cc1. The first kappa shape index (κ1) is 22.9. The van der Waals surface area contributed by atoms with Crippen molar-refractivity contribution >= 4 is 27.6 Å². The fraction of sp³-hybridized carbons (Fsp3) is 0.333. The van der Waals surface area contributed by atoms with E-state index in [0.717, 1.165) is 5.56 Å². The molecule has 2 aromatic carbocycles. The van der Waals surface area contributed by atoms with Crippen molar-refractivity contribution in [3.8, 4) is 0 Å². The smallest absolute Gasteiger partial charge is 0.338 e. The summed E-state index contributed by atoms with van der Waals surface area (Å²) in [5, 5.41) is 2.57. The van der Waals surface area contributed by atoms with E-state index in [-0.39, 0.29) is 4.90 Å². The Labute approximate surface area is 181 Å².